The van der Waals surface area contributed by atoms with Crippen LogP contribution in [0.2, 0.25) is 5.02 Å². The third-order valence-corrected chi connectivity index (χ3v) is 5.61. The lowest BCUT2D eigenvalue weighted by atomic mass is 10.1. The third kappa shape index (κ3) is 3.43. The van der Waals surface area contributed by atoms with E-state index in [2.05, 4.69) is 21.2 Å². The van der Waals surface area contributed by atoms with Crippen LogP contribution in [0.4, 0.5) is 0 Å². The van der Waals surface area contributed by atoms with Crippen LogP contribution in [0.15, 0.2) is 57.0 Å². The lowest BCUT2D eigenvalue weighted by Gasteiger charge is -2.17. The van der Waals surface area contributed by atoms with Gasteiger partial charge < -0.3 is 5.32 Å². The average Bonchev–Trinajstić information content (AvgIpc) is 3.20. The molecule has 1 atom stereocenters. The van der Waals surface area contributed by atoms with Gasteiger partial charge in [0.05, 0.1) is 16.6 Å². The van der Waals surface area contributed by atoms with Gasteiger partial charge in [-0.15, -0.1) is 11.3 Å². The molecule has 1 amide bonds. The van der Waals surface area contributed by atoms with Crippen molar-refractivity contribution in [1.82, 2.24) is 5.32 Å². The van der Waals surface area contributed by atoms with Crippen LogP contribution in [0.25, 0.3) is 0 Å². The van der Waals surface area contributed by atoms with Crippen LogP contribution < -0.4 is 5.32 Å². The van der Waals surface area contributed by atoms with Crippen LogP contribution in [0.1, 0.15) is 26.8 Å². The number of hydrogen-bond acceptors (Lipinski definition) is 3. The molecule has 22 heavy (non-hydrogen) atoms. The number of nitrogens with one attached hydrogen (secondary N) is 1. The van der Waals surface area contributed by atoms with E-state index < -0.39 is 0 Å². The van der Waals surface area contributed by atoms with Gasteiger partial charge in [-0.05, 0) is 52.0 Å². The number of halogens is 2. The minimum atomic E-state index is -0.184. The van der Waals surface area contributed by atoms with Gasteiger partial charge >= 0.3 is 0 Å². The molecular formula is C16H11BrClNOS2. The highest BCUT2D eigenvalue weighted by molar-refractivity contribution is 9.10. The molecule has 3 aromatic rings. The van der Waals surface area contributed by atoms with Crippen molar-refractivity contribution < 1.29 is 4.79 Å². The number of amides is 1. The molecule has 0 aliphatic carbocycles. The lowest BCUT2D eigenvalue weighted by Crippen LogP contribution is -2.28. The fourth-order valence-corrected chi connectivity index (χ4v) is 4.15. The molecule has 0 aliphatic heterocycles. The number of rotatable bonds is 4. The predicted molar refractivity (Wildman–Crippen MR) is 97.1 cm³/mol. The standard InChI is InChI=1S/C16H11BrClNOS2/c17-11-3-4-13(18)12(8-11)16(20)19-15(10-5-7-21-9-10)14-2-1-6-22-14/h1-9,15H,(H,19,20). The van der Waals surface area contributed by atoms with Crippen LogP contribution in [-0.4, -0.2) is 5.91 Å². The second kappa shape index (κ2) is 6.96. The average molecular weight is 413 g/mol. The topological polar surface area (TPSA) is 29.1 Å². The first kappa shape index (κ1) is 15.7. The first-order chi connectivity index (χ1) is 10.6. The van der Waals surface area contributed by atoms with Crippen molar-refractivity contribution in [1.29, 1.82) is 0 Å². The molecule has 0 saturated heterocycles. The summed E-state index contributed by atoms with van der Waals surface area (Å²) in [5, 5.41) is 9.58. The van der Waals surface area contributed by atoms with Crippen LogP contribution in [0.3, 0.4) is 0 Å². The van der Waals surface area contributed by atoms with Crippen LogP contribution in [0.5, 0.6) is 0 Å². The van der Waals surface area contributed by atoms with E-state index >= 15 is 0 Å². The maximum Gasteiger partial charge on any atom is 0.253 e. The molecule has 2 aromatic heterocycles. The highest BCUT2D eigenvalue weighted by Crippen LogP contribution is 2.29. The molecule has 6 heteroatoms. The molecule has 1 N–H and O–H groups in total. The predicted octanol–water partition coefficient (Wildman–Crippen LogP) is 5.74. The molecule has 1 aromatic carbocycles. The van der Waals surface area contributed by atoms with Gasteiger partial charge in [-0.1, -0.05) is 33.6 Å². The number of benzene rings is 1. The first-order valence-corrected chi connectivity index (χ1v) is 9.46. The molecule has 3 rings (SSSR count). The molecule has 2 nitrogen and oxygen atoms in total. The van der Waals surface area contributed by atoms with E-state index in [0.717, 1.165) is 14.9 Å². The Morgan fingerprint density at radius 1 is 1.23 bits per heavy atom. The van der Waals surface area contributed by atoms with Crippen molar-refractivity contribution in [3.63, 3.8) is 0 Å². The second-order valence-electron chi connectivity index (χ2n) is 4.60. The van der Waals surface area contributed by atoms with Gasteiger partial charge in [-0.3, -0.25) is 4.79 Å². The summed E-state index contributed by atoms with van der Waals surface area (Å²) in [6, 6.07) is 11.1. The summed E-state index contributed by atoms with van der Waals surface area (Å²) < 4.78 is 0.824. The normalized spacial score (nSPS) is 12.1. The van der Waals surface area contributed by atoms with Crippen molar-refractivity contribution in [2.24, 2.45) is 0 Å². The molecule has 0 radical (unpaired) electrons. The zero-order valence-electron chi connectivity index (χ0n) is 11.3. The summed E-state index contributed by atoms with van der Waals surface area (Å²) in [6.45, 7) is 0. The third-order valence-electron chi connectivity index (χ3n) is 3.15. The Morgan fingerprint density at radius 2 is 2.09 bits per heavy atom. The van der Waals surface area contributed by atoms with Crippen LogP contribution in [-0.2, 0) is 0 Å². The van der Waals surface area contributed by atoms with E-state index in [-0.39, 0.29) is 11.9 Å². The molecule has 0 aliphatic rings. The smallest absolute Gasteiger partial charge is 0.253 e. The van der Waals surface area contributed by atoms with Crippen molar-refractivity contribution in [3.8, 4) is 0 Å². The van der Waals surface area contributed by atoms with Gasteiger partial charge in [-0.2, -0.15) is 11.3 Å². The maximum atomic E-state index is 12.6. The number of carbonyl (C=O) groups excluding carboxylic acids is 1. The summed E-state index contributed by atoms with van der Waals surface area (Å²) in [5.74, 6) is -0.184. The van der Waals surface area contributed by atoms with Gasteiger partial charge in [-0.25, -0.2) is 0 Å². The number of hydrogen-bond donors (Lipinski definition) is 1. The van der Waals surface area contributed by atoms with Crippen molar-refractivity contribution >= 4 is 56.1 Å². The molecular weight excluding hydrogens is 402 g/mol. The van der Waals surface area contributed by atoms with Crippen molar-refractivity contribution in [2.75, 3.05) is 0 Å². The van der Waals surface area contributed by atoms with E-state index in [1.165, 1.54) is 0 Å². The lowest BCUT2D eigenvalue weighted by molar-refractivity contribution is 0.0943. The molecule has 2 heterocycles. The molecule has 0 saturated carbocycles. The first-order valence-electron chi connectivity index (χ1n) is 6.46. The zero-order valence-corrected chi connectivity index (χ0v) is 15.2. The minimum Gasteiger partial charge on any atom is -0.340 e. The summed E-state index contributed by atoms with van der Waals surface area (Å²) in [6.07, 6.45) is 0. The summed E-state index contributed by atoms with van der Waals surface area (Å²) in [5.41, 5.74) is 1.54. The van der Waals surface area contributed by atoms with Gasteiger partial charge in [0.2, 0.25) is 0 Å². The largest absolute Gasteiger partial charge is 0.340 e. The number of thiophene rings is 2. The second-order valence-corrected chi connectivity index (χ2v) is 7.68. The van der Waals surface area contributed by atoms with Crippen LogP contribution >= 0.6 is 50.2 Å². The Bertz CT molecular complexity index is 737. The zero-order chi connectivity index (χ0) is 15.5. The minimum absolute atomic E-state index is 0.159. The van der Waals surface area contributed by atoms with E-state index in [1.54, 1.807) is 34.8 Å². The SMILES string of the molecule is O=C(NC(c1ccsc1)c1cccs1)c1cc(Br)ccc1Cl. The van der Waals surface area contributed by atoms with Gasteiger partial charge in [0.25, 0.3) is 5.91 Å². The molecule has 0 spiro atoms. The van der Waals surface area contributed by atoms with Gasteiger partial charge in [0, 0.05) is 9.35 Å². The number of carbonyl (C=O) groups is 1. The Balaban J connectivity index is 1.91. The summed E-state index contributed by atoms with van der Waals surface area (Å²) >= 11 is 12.8. The monoisotopic (exact) mass is 411 g/mol. The molecule has 0 fully saturated rings. The van der Waals surface area contributed by atoms with E-state index in [4.69, 9.17) is 11.6 Å². The summed E-state index contributed by atoms with van der Waals surface area (Å²) in [7, 11) is 0. The Kier molecular flexibility index (Phi) is 4.98. The van der Waals surface area contributed by atoms with Crippen molar-refractivity contribution in [3.05, 3.63) is 78.0 Å². The van der Waals surface area contributed by atoms with Gasteiger partial charge in [0.15, 0.2) is 0 Å². The maximum absolute atomic E-state index is 12.6. The van der Waals surface area contributed by atoms with E-state index in [0.29, 0.717) is 10.6 Å². The van der Waals surface area contributed by atoms with E-state index in [9.17, 15) is 4.79 Å². The molecule has 112 valence electrons. The Morgan fingerprint density at radius 3 is 2.77 bits per heavy atom. The van der Waals surface area contributed by atoms with E-state index in [1.807, 2.05) is 40.4 Å². The van der Waals surface area contributed by atoms with Crippen molar-refractivity contribution in [2.45, 2.75) is 6.04 Å². The fourth-order valence-electron chi connectivity index (χ4n) is 2.09. The Labute approximate surface area is 149 Å². The Hall–Kier alpha value is -1.14. The van der Waals surface area contributed by atoms with Gasteiger partial charge in [0.1, 0.15) is 0 Å². The summed E-state index contributed by atoms with van der Waals surface area (Å²) in [4.78, 5) is 13.7. The fraction of sp³-hybridized carbons (Fsp3) is 0.0625. The van der Waals surface area contributed by atoms with Crippen LogP contribution in [0, 0.1) is 0 Å². The molecule has 1 unspecified atom stereocenters. The quantitative estimate of drug-likeness (QED) is 0.581. The highest BCUT2D eigenvalue weighted by atomic mass is 79.9. The highest BCUT2D eigenvalue weighted by Gasteiger charge is 2.20. The molecule has 0 bridgehead atoms.